The molecule has 0 aromatic heterocycles. The molecule has 2 heteroatoms. The number of hydrogen-bond donors (Lipinski definition) is 1. The summed E-state index contributed by atoms with van der Waals surface area (Å²) in [6.07, 6.45) is 3.82. The Bertz CT molecular complexity index is 538. The maximum atomic E-state index is 3.73. The van der Waals surface area contributed by atoms with Gasteiger partial charge in [0.15, 0.2) is 0 Å². The highest BCUT2D eigenvalue weighted by molar-refractivity contribution is 7.99. The first-order valence-corrected chi connectivity index (χ1v) is 8.41. The molecule has 1 aliphatic rings. The molecule has 0 spiro atoms. The second-order valence-corrected chi connectivity index (χ2v) is 6.43. The maximum Gasteiger partial charge on any atom is 0.0323 e. The second-order valence-electron chi connectivity index (χ2n) is 5.26. The Kier molecular flexibility index (Phi) is 4.77. The molecule has 2 aromatic carbocycles. The molecule has 0 saturated carbocycles. The number of hydrogen-bond acceptors (Lipinski definition) is 2. The van der Waals surface area contributed by atoms with Gasteiger partial charge in [-0.3, -0.25) is 0 Å². The van der Waals surface area contributed by atoms with E-state index in [9.17, 15) is 0 Å². The molecule has 0 radical (unpaired) electrons. The minimum atomic E-state index is 0.552. The number of aryl methyl sites for hydroxylation is 1. The summed E-state index contributed by atoms with van der Waals surface area (Å²) in [4.78, 5) is 1.36. The lowest BCUT2D eigenvalue weighted by Crippen LogP contribution is -2.27. The molecule has 104 valence electrons. The summed E-state index contributed by atoms with van der Waals surface area (Å²) in [7, 11) is 0. The van der Waals surface area contributed by atoms with Crippen LogP contribution in [0, 0.1) is 0 Å². The number of rotatable bonds is 5. The van der Waals surface area contributed by atoms with E-state index in [1.807, 2.05) is 11.8 Å². The minimum absolute atomic E-state index is 0.552. The van der Waals surface area contributed by atoms with Crippen LogP contribution >= 0.6 is 11.8 Å². The molecule has 1 N–H and O–H groups in total. The van der Waals surface area contributed by atoms with E-state index in [1.54, 1.807) is 0 Å². The van der Waals surface area contributed by atoms with Crippen molar-refractivity contribution >= 4 is 11.8 Å². The highest BCUT2D eigenvalue weighted by Crippen LogP contribution is 2.29. The van der Waals surface area contributed by atoms with Crippen molar-refractivity contribution in [3.63, 3.8) is 0 Å². The average molecular weight is 283 g/mol. The third-order valence-electron chi connectivity index (χ3n) is 3.87. The normalized spacial score (nSPS) is 17.7. The van der Waals surface area contributed by atoms with E-state index in [2.05, 4.69) is 59.9 Å². The first-order chi connectivity index (χ1) is 9.93. The Morgan fingerprint density at radius 1 is 1.00 bits per heavy atom. The predicted octanol–water partition coefficient (Wildman–Crippen LogP) is 4.45. The van der Waals surface area contributed by atoms with Crippen LogP contribution in [0.15, 0.2) is 59.5 Å². The largest absolute Gasteiger partial charge is 0.309 e. The van der Waals surface area contributed by atoms with Crippen LogP contribution < -0.4 is 5.32 Å². The molecular formula is C18H21NS. The maximum absolute atomic E-state index is 3.73. The van der Waals surface area contributed by atoms with Gasteiger partial charge in [-0.15, -0.1) is 11.8 Å². The first-order valence-electron chi connectivity index (χ1n) is 7.42. The number of thioether (sulfide) groups is 1. The number of nitrogens with one attached hydrogen (secondary N) is 1. The Balaban J connectivity index is 1.50. The summed E-state index contributed by atoms with van der Waals surface area (Å²) in [5.74, 6) is 1.13. The van der Waals surface area contributed by atoms with Gasteiger partial charge in [0, 0.05) is 23.2 Å². The minimum Gasteiger partial charge on any atom is -0.309 e. The topological polar surface area (TPSA) is 12.0 Å². The Labute approximate surface area is 125 Å². The molecule has 20 heavy (non-hydrogen) atoms. The van der Waals surface area contributed by atoms with Crippen LogP contribution in [-0.4, -0.2) is 12.3 Å². The zero-order valence-electron chi connectivity index (χ0n) is 11.7. The van der Waals surface area contributed by atoms with Gasteiger partial charge in [-0.05, 0) is 42.5 Å². The number of fused-ring (bicyclic) bond motifs is 1. The molecule has 0 aliphatic heterocycles. The van der Waals surface area contributed by atoms with E-state index in [-0.39, 0.29) is 0 Å². The van der Waals surface area contributed by atoms with Gasteiger partial charge < -0.3 is 5.32 Å². The molecular weight excluding hydrogens is 262 g/mol. The monoisotopic (exact) mass is 283 g/mol. The Morgan fingerprint density at radius 2 is 1.80 bits per heavy atom. The molecule has 0 fully saturated rings. The third-order valence-corrected chi connectivity index (χ3v) is 4.89. The van der Waals surface area contributed by atoms with Gasteiger partial charge in [-0.25, -0.2) is 0 Å². The lowest BCUT2D eigenvalue weighted by atomic mass is 9.88. The van der Waals surface area contributed by atoms with Crippen LogP contribution in [0.1, 0.15) is 30.0 Å². The van der Waals surface area contributed by atoms with E-state index < -0.39 is 0 Å². The van der Waals surface area contributed by atoms with E-state index >= 15 is 0 Å². The van der Waals surface area contributed by atoms with E-state index in [4.69, 9.17) is 0 Å². The van der Waals surface area contributed by atoms with Gasteiger partial charge in [0.05, 0.1) is 0 Å². The molecule has 1 aliphatic carbocycles. The Hall–Kier alpha value is -1.25. The fourth-order valence-electron chi connectivity index (χ4n) is 2.88. The highest BCUT2D eigenvalue weighted by atomic mass is 32.2. The van der Waals surface area contributed by atoms with Gasteiger partial charge in [-0.1, -0.05) is 42.5 Å². The molecule has 0 bridgehead atoms. The van der Waals surface area contributed by atoms with Gasteiger partial charge in [-0.2, -0.15) is 0 Å². The molecule has 2 aromatic rings. The number of benzene rings is 2. The highest BCUT2D eigenvalue weighted by Gasteiger charge is 2.18. The van der Waals surface area contributed by atoms with Crippen LogP contribution in [0.5, 0.6) is 0 Å². The molecule has 3 rings (SSSR count). The van der Waals surface area contributed by atoms with E-state index in [0.29, 0.717) is 6.04 Å². The lowest BCUT2D eigenvalue weighted by molar-refractivity contribution is 0.473. The lowest BCUT2D eigenvalue weighted by Gasteiger charge is -2.26. The fourth-order valence-corrected chi connectivity index (χ4v) is 3.69. The summed E-state index contributed by atoms with van der Waals surface area (Å²) < 4.78 is 0. The average Bonchev–Trinajstić information content (AvgIpc) is 2.53. The summed E-state index contributed by atoms with van der Waals surface area (Å²) in [5, 5.41) is 3.73. The van der Waals surface area contributed by atoms with E-state index in [1.165, 1.54) is 35.3 Å². The van der Waals surface area contributed by atoms with Crippen LogP contribution in [0.3, 0.4) is 0 Å². The van der Waals surface area contributed by atoms with Crippen molar-refractivity contribution < 1.29 is 0 Å². The van der Waals surface area contributed by atoms with Crippen molar-refractivity contribution in [1.82, 2.24) is 5.32 Å². The smallest absolute Gasteiger partial charge is 0.0323 e. The van der Waals surface area contributed by atoms with Gasteiger partial charge >= 0.3 is 0 Å². The molecule has 0 amide bonds. The van der Waals surface area contributed by atoms with Crippen LogP contribution in [-0.2, 0) is 6.42 Å². The Morgan fingerprint density at radius 3 is 2.70 bits per heavy atom. The van der Waals surface area contributed by atoms with Gasteiger partial charge in [0.1, 0.15) is 0 Å². The molecule has 1 atom stereocenters. The van der Waals surface area contributed by atoms with Crippen molar-refractivity contribution in [3.05, 3.63) is 65.7 Å². The van der Waals surface area contributed by atoms with Crippen LogP contribution in [0.4, 0.5) is 0 Å². The van der Waals surface area contributed by atoms with Crippen molar-refractivity contribution in [1.29, 1.82) is 0 Å². The van der Waals surface area contributed by atoms with Gasteiger partial charge in [0.25, 0.3) is 0 Å². The van der Waals surface area contributed by atoms with Crippen molar-refractivity contribution in [2.75, 3.05) is 12.3 Å². The zero-order valence-corrected chi connectivity index (χ0v) is 12.5. The summed E-state index contributed by atoms with van der Waals surface area (Å²) in [6.45, 7) is 1.07. The quantitative estimate of drug-likeness (QED) is 0.643. The van der Waals surface area contributed by atoms with Crippen molar-refractivity contribution in [2.45, 2.75) is 30.2 Å². The molecule has 0 heterocycles. The molecule has 1 unspecified atom stereocenters. The molecule has 1 nitrogen and oxygen atoms in total. The first kappa shape index (κ1) is 13.7. The summed E-state index contributed by atoms with van der Waals surface area (Å²) >= 11 is 1.93. The summed E-state index contributed by atoms with van der Waals surface area (Å²) in [5.41, 5.74) is 3.05. The summed E-state index contributed by atoms with van der Waals surface area (Å²) in [6, 6.07) is 20.1. The second kappa shape index (κ2) is 6.96. The van der Waals surface area contributed by atoms with Gasteiger partial charge in [0.2, 0.25) is 0 Å². The standard InChI is InChI=1S/C18H21NS/c1-2-9-16(10-3-1)20-14-13-19-18-12-6-8-15-7-4-5-11-17(15)18/h1-5,7,9-11,18-19H,6,8,12-14H2. The SMILES string of the molecule is c1ccc(SCCNC2CCCc3ccccc32)cc1. The van der Waals surface area contributed by atoms with Crippen LogP contribution in [0.25, 0.3) is 0 Å². The zero-order chi connectivity index (χ0) is 13.6. The third kappa shape index (κ3) is 3.44. The van der Waals surface area contributed by atoms with Crippen LogP contribution in [0.2, 0.25) is 0 Å². The van der Waals surface area contributed by atoms with Crippen molar-refractivity contribution in [3.8, 4) is 0 Å². The fraction of sp³-hybridized carbons (Fsp3) is 0.333. The molecule has 0 saturated heterocycles. The van der Waals surface area contributed by atoms with E-state index in [0.717, 1.165) is 12.3 Å². The predicted molar refractivity (Wildman–Crippen MR) is 87.3 cm³/mol. The van der Waals surface area contributed by atoms with Crippen molar-refractivity contribution in [2.24, 2.45) is 0 Å².